The molecule has 0 aliphatic carbocycles. The molecule has 0 atom stereocenters. The third-order valence-electron chi connectivity index (χ3n) is 4.55. The molecule has 0 saturated carbocycles. The highest BCUT2D eigenvalue weighted by molar-refractivity contribution is 6.31. The van der Waals surface area contributed by atoms with E-state index < -0.39 is 5.97 Å². The fraction of sp³-hybridized carbons (Fsp3) is 0.143. The van der Waals surface area contributed by atoms with E-state index in [2.05, 4.69) is 15.1 Å². The number of ether oxygens (including phenoxy) is 1. The lowest BCUT2D eigenvalue weighted by Gasteiger charge is -2.07. The van der Waals surface area contributed by atoms with Gasteiger partial charge < -0.3 is 9.72 Å². The van der Waals surface area contributed by atoms with E-state index >= 15 is 0 Å². The molecule has 146 valence electrons. The van der Waals surface area contributed by atoms with Crippen molar-refractivity contribution in [3.63, 3.8) is 0 Å². The zero-order chi connectivity index (χ0) is 20.5. The Morgan fingerprint density at radius 1 is 1.17 bits per heavy atom. The number of carbonyl (C=O) groups excluding carboxylic acids is 1. The molecule has 4 rings (SSSR count). The lowest BCUT2D eigenvalue weighted by Crippen LogP contribution is -2.15. The van der Waals surface area contributed by atoms with Crippen molar-refractivity contribution in [3.05, 3.63) is 86.7 Å². The predicted molar refractivity (Wildman–Crippen MR) is 110 cm³/mol. The predicted octanol–water partition coefficient (Wildman–Crippen LogP) is 3.74. The van der Waals surface area contributed by atoms with E-state index in [4.69, 9.17) is 16.3 Å². The number of hydrogen-bond acceptors (Lipinski definition) is 5. The Kier molecular flexibility index (Phi) is 4.90. The molecule has 4 aromatic rings. The fourth-order valence-corrected chi connectivity index (χ4v) is 3.36. The van der Waals surface area contributed by atoms with Gasteiger partial charge in [-0.3, -0.25) is 4.79 Å². The SMILES string of the molecule is Cc1nn(-c2ccccc2)c(C)c1C(=O)OCc1nc2cc(Cl)ccc2c(=O)[nH]1. The van der Waals surface area contributed by atoms with Gasteiger partial charge in [-0.05, 0) is 44.2 Å². The van der Waals surface area contributed by atoms with Crippen LogP contribution in [0.2, 0.25) is 5.02 Å². The number of aryl methyl sites for hydroxylation is 1. The van der Waals surface area contributed by atoms with Crippen LogP contribution in [0.15, 0.2) is 53.3 Å². The molecule has 0 unspecified atom stereocenters. The van der Waals surface area contributed by atoms with Gasteiger partial charge in [-0.1, -0.05) is 29.8 Å². The third kappa shape index (κ3) is 3.64. The van der Waals surface area contributed by atoms with Gasteiger partial charge in [-0.2, -0.15) is 5.10 Å². The van der Waals surface area contributed by atoms with E-state index in [1.807, 2.05) is 37.3 Å². The van der Waals surface area contributed by atoms with Crippen LogP contribution in [0, 0.1) is 13.8 Å². The number of carbonyl (C=O) groups is 1. The van der Waals surface area contributed by atoms with E-state index in [1.54, 1.807) is 29.8 Å². The van der Waals surface area contributed by atoms with E-state index in [0.717, 1.165) is 5.69 Å². The summed E-state index contributed by atoms with van der Waals surface area (Å²) in [5.41, 5.74) is 2.59. The van der Waals surface area contributed by atoms with Crippen molar-refractivity contribution in [2.45, 2.75) is 20.5 Å². The zero-order valence-electron chi connectivity index (χ0n) is 15.8. The van der Waals surface area contributed by atoms with Gasteiger partial charge in [0.05, 0.1) is 28.0 Å². The number of aromatic amines is 1. The number of aromatic nitrogens is 4. The summed E-state index contributed by atoms with van der Waals surface area (Å²) < 4.78 is 7.10. The highest BCUT2D eigenvalue weighted by atomic mass is 35.5. The van der Waals surface area contributed by atoms with Crippen molar-refractivity contribution >= 4 is 28.5 Å². The quantitative estimate of drug-likeness (QED) is 0.519. The maximum absolute atomic E-state index is 12.7. The van der Waals surface area contributed by atoms with Gasteiger partial charge in [0.1, 0.15) is 18.0 Å². The molecule has 2 heterocycles. The lowest BCUT2D eigenvalue weighted by atomic mass is 10.2. The van der Waals surface area contributed by atoms with Gasteiger partial charge in [0, 0.05) is 5.02 Å². The summed E-state index contributed by atoms with van der Waals surface area (Å²) in [5, 5.41) is 5.34. The number of hydrogen-bond donors (Lipinski definition) is 1. The summed E-state index contributed by atoms with van der Waals surface area (Å²) in [5.74, 6) is -0.292. The van der Waals surface area contributed by atoms with Crippen LogP contribution in [-0.2, 0) is 11.3 Å². The molecule has 0 saturated heterocycles. The van der Waals surface area contributed by atoms with Crippen LogP contribution >= 0.6 is 11.6 Å². The van der Waals surface area contributed by atoms with Gasteiger partial charge in [-0.25, -0.2) is 14.5 Å². The smallest absolute Gasteiger partial charge is 0.342 e. The zero-order valence-corrected chi connectivity index (χ0v) is 16.5. The van der Waals surface area contributed by atoms with Crippen molar-refractivity contribution in [2.75, 3.05) is 0 Å². The molecule has 0 spiro atoms. The van der Waals surface area contributed by atoms with E-state index in [-0.39, 0.29) is 18.0 Å². The number of nitrogens with one attached hydrogen (secondary N) is 1. The van der Waals surface area contributed by atoms with Crippen molar-refractivity contribution in [3.8, 4) is 5.69 Å². The van der Waals surface area contributed by atoms with Crippen LogP contribution in [0.1, 0.15) is 27.6 Å². The highest BCUT2D eigenvalue weighted by Crippen LogP contribution is 2.19. The standard InChI is InChI=1S/C21H17ClN4O3/c1-12-19(13(2)26(25-12)15-6-4-3-5-7-15)21(28)29-11-18-23-17-10-14(22)8-9-16(17)20(27)24-18/h3-10H,11H2,1-2H3,(H,23,24,27). The summed E-state index contributed by atoms with van der Waals surface area (Å²) in [6, 6.07) is 14.3. The number of esters is 1. The minimum atomic E-state index is -0.531. The van der Waals surface area contributed by atoms with Gasteiger partial charge in [0.15, 0.2) is 0 Å². The Bertz CT molecular complexity index is 1280. The lowest BCUT2D eigenvalue weighted by molar-refractivity contribution is 0.0460. The minimum absolute atomic E-state index is 0.175. The number of halogens is 1. The highest BCUT2D eigenvalue weighted by Gasteiger charge is 2.21. The molecule has 7 nitrogen and oxygen atoms in total. The molecular weight excluding hydrogens is 392 g/mol. The van der Waals surface area contributed by atoms with Gasteiger partial charge in [0.25, 0.3) is 5.56 Å². The second-order valence-corrected chi connectivity index (χ2v) is 6.98. The van der Waals surface area contributed by atoms with Gasteiger partial charge in [0.2, 0.25) is 0 Å². The maximum atomic E-state index is 12.7. The normalized spacial score (nSPS) is 11.0. The molecule has 0 aliphatic heterocycles. The van der Waals surface area contributed by atoms with Crippen LogP contribution in [0.4, 0.5) is 0 Å². The summed E-state index contributed by atoms with van der Waals surface area (Å²) >= 11 is 5.97. The molecule has 0 bridgehead atoms. The fourth-order valence-electron chi connectivity index (χ4n) is 3.19. The molecule has 8 heteroatoms. The number of benzene rings is 2. The van der Waals surface area contributed by atoms with E-state index in [0.29, 0.717) is 32.9 Å². The molecule has 0 amide bonds. The van der Waals surface area contributed by atoms with Gasteiger partial charge in [-0.15, -0.1) is 0 Å². The molecule has 0 aliphatic rings. The van der Waals surface area contributed by atoms with Crippen LogP contribution in [0.5, 0.6) is 0 Å². The summed E-state index contributed by atoms with van der Waals surface area (Å²) in [6.07, 6.45) is 0. The maximum Gasteiger partial charge on any atom is 0.342 e. The minimum Gasteiger partial charge on any atom is -0.454 e. The number of fused-ring (bicyclic) bond motifs is 1. The third-order valence-corrected chi connectivity index (χ3v) is 4.79. The summed E-state index contributed by atoms with van der Waals surface area (Å²) in [6.45, 7) is 3.38. The van der Waals surface area contributed by atoms with Crippen LogP contribution < -0.4 is 5.56 Å². The van der Waals surface area contributed by atoms with E-state index in [1.165, 1.54) is 0 Å². The topological polar surface area (TPSA) is 89.9 Å². The van der Waals surface area contributed by atoms with Crippen LogP contribution in [-0.4, -0.2) is 25.7 Å². The number of nitrogens with zero attached hydrogens (tertiary/aromatic N) is 3. The first-order valence-corrected chi connectivity index (χ1v) is 9.29. The van der Waals surface area contributed by atoms with Crippen molar-refractivity contribution in [2.24, 2.45) is 0 Å². The molecule has 1 N–H and O–H groups in total. The number of H-pyrrole nitrogens is 1. The average Bonchev–Trinajstić information content (AvgIpc) is 3.00. The van der Waals surface area contributed by atoms with Crippen molar-refractivity contribution in [1.82, 2.24) is 19.7 Å². The Morgan fingerprint density at radius 2 is 1.93 bits per heavy atom. The van der Waals surface area contributed by atoms with Gasteiger partial charge >= 0.3 is 5.97 Å². The van der Waals surface area contributed by atoms with Crippen molar-refractivity contribution < 1.29 is 9.53 Å². The Labute approximate surface area is 170 Å². The van der Waals surface area contributed by atoms with E-state index in [9.17, 15) is 9.59 Å². The Hall–Kier alpha value is -3.45. The molecular formula is C21H17ClN4O3. The Balaban J connectivity index is 1.59. The first-order chi connectivity index (χ1) is 13.9. The molecule has 2 aromatic carbocycles. The van der Waals surface area contributed by atoms with Crippen LogP contribution in [0.25, 0.3) is 16.6 Å². The average molecular weight is 409 g/mol. The molecule has 2 aromatic heterocycles. The second-order valence-electron chi connectivity index (χ2n) is 6.54. The summed E-state index contributed by atoms with van der Waals surface area (Å²) in [7, 11) is 0. The molecule has 29 heavy (non-hydrogen) atoms. The largest absolute Gasteiger partial charge is 0.454 e. The monoisotopic (exact) mass is 408 g/mol. The molecule has 0 fully saturated rings. The summed E-state index contributed by atoms with van der Waals surface area (Å²) in [4.78, 5) is 31.8. The second kappa shape index (κ2) is 7.52. The number of para-hydroxylation sites is 1. The Morgan fingerprint density at radius 3 is 2.69 bits per heavy atom. The first kappa shape index (κ1) is 18.9. The van der Waals surface area contributed by atoms with Crippen molar-refractivity contribution in [1.29, 1.82) is 0 Å². The first-order valence-electron chi connectivity index (χ1n) is 8.91. The van der Waals surface area contributed by atoms with Crippen LogP contribution in [0.3, 0.4) is 0 Å². The number of rotatable bonds is 4. The molecule has 0 radical (unpaired) electrons.